The molecular formula is C19H32N2. The molecule has 0 spiro atoms. The van der Waals surface area contributed by atoms with E-state index in [0.29, 0.717) is 12.1 Å². The maximum Gasteiger partial charge on any atom is 0.0478 e. The van der Waals surface area contributed by atoms with Crippen LogP contribution >= 0.6 is 0 Å². The molecule has 0 saturated carbocycles. The van der Waals surface area contributed by atoms with Gasteiger partial charge in [0, 0.05) is 18.6 Å². The van der Waals surface area contributed by atoms with Gasteiger partial charge in [-0.1, -0.05) is 51.1 Å². The Morgan fingerprint density at radius 1 is 1.24 bits per heavy atom. The zero-order valence-corrected chi connectivity index (χ0v) is 14.0. The second-order valence-corrected chi connectivity index (χ2v) is 6.56. The number of nitrogens with zero attached hydrogens (tertiary/aromatic N) is 1. The van der Waals surface area contributed by atoms with Crippen molar-refractivity contribution in [3.8, 4) is 0 Å². The van der Waals surface area contributed by atoms with Crippen molar-refractivity contribution in [3.05, 3.63) is 35.9 Å². The van der Waals surface area contributed by atoms with Gasteiger partial charge in [0.15, 0.2) is 0 Å². The normalized spacial score (nSPS) is 22.9. The van der Waals surface area contributed by atoms with Crippen molar-refractivity contribution in [3.63, 3.8) is 0 Å². The van der Waals surface area contributed by atoms with Crippen LogP contribution < -0.4 is 5.32 Å². The van der Waals surface area contributed by atoms with Gasteiger partial charge in [-0.3, -0.25) is 4.90 Å². The van der Waals surface area contributed by atoms with E-state index in [9.17, 15) is 0 Å². The van der Waals surface area contributed by atoms with E-state index in [-0.39, 0.29) is 0 Å². The van der Waals surface area contributed by atoms with E-state index in [4.69, 9.17) is 0 Å². The van der Waals surface area contributed by atoms with Gasteiger partial charge in [-0.2, -0.15) is 0 Å². The molecular weight excluding hydrogens is 256 g/mol. The second kappa shape index (κ2) is 8.55. The molecule has 2 nitrogen and oxygen atoms in total. The van der Waals surface area contributed by atoms with Crippen LogP contribution in [0.15, 0.2) is 30.3 Å². The van der Waals surface area contributed by atoms with E-state index in [0.717, 1.165) is 12.5 Å². The Hall–Kier alpha value is -0.860. The molecule has 21 heavy (non-hydrogen) atoms. The van der Waals surface area contributed by atoms with Crippen molar-refractivity contribution < 1.29 is 0 Å². The molecule has 0 radical (unpaired) electrons. The van der Waals surface area contributed by atoms with E-state index < -0.39 is 0 Å². The lowest BCUT2D eigenvalue weighted by Gasteiger charge is -2.41. The number of likely N-dealkylation sites (tertiary alicyclic amines) is 1. The van der Waals surface area contributed by atoms with Crippen LogP contribution in [0.4, 0.5) is 0 Å². The summed E-state index contributed by atoms with van der Waals surface area (Å²) in [7, 11) is 0. The zero-order chi connectivity index (χ0) is 15.1. The minimum absolute atomic E-state index is 0.460. The smallest absolute Gasteiger partial charge is 0.0478 e. The molecule has 1 N–H and O–H groups in total. The van der Waals surface area contributed by atoms with Gasteiger partial charge in [0.2, 0.25) is 0 Å². The molecule has 1 aromatic rings. The molecule has 0 aromatic heterocycles. The molecule has 0 bridgehead atoms. The Kier molecular flexibility index (Phi) is 6.72. The lowest BCUT2D eigenvalue weighted by Crippen LogP contribution is -2.48. The first-order valence-corrected chi connectivity index (χ1v) is 8.78. The third-order valence-electron chi connectivity index (χ3n) is 4.73. The van der Waals surface area contributed by atoms with Crippen LogP contribution in [-0.4, -0.2) is 30.6 Å². The number of hydrogen-bond donors (Lipinski definition) is 1. The van der Waals surface area contributed by atoms with Crippen molar-refractivity contribution in [1.82, 2.24) is 10.2 Å². The average molecular weight is 288 g/mol. The lowest BCUT2D eigenvalue weighted by molar-refractivity contribution is 0.0998. The Bertz CT molecular complexity index is 390. The molecule has 3 unspecified atom stereocenters. The monoisotopic (exact) mass is 288 g/mol. The van der Waals surface area contributed by atoms with Gasteiger partial charge in [-0.05, 0) is 50.3 Å². The largest absolute Gasteiger partial charge is 0.309 e. The van der Waals surface area contributed by atoms with Crippen molar-refractivity contribution >= 4 is 0 Å². The summed E-state index contributed by atoms with van der Waals surface area (Å²) in [6.45, 7) is 10.6. The first-order chi connectivity index (χ1) is 10.3. The maximum absolute atomic E-state index is 3.81. The van der Waals surface area contributed by atoms with E-state index in [1.807, 2.05) is 0 Å². The van der Waals surface area contributed by atoms with E-state index in [2.05, 4.69) is 61.3 Å². The zero-order valence-electron chi connectivity index (χ0n) is 14.0. The lowest BCUT2D eigenvalue weighted by atomic mass is 9.91. The average Bonchev–Trinajstić information content (AvgIpc) is 2.52. The fraction of sp³-hybridized carbons (Fsp3) is 0.684. The van der Waals surface area contributed by atoms with Gasteiger partial charge in [0.1, 0.15) is 0 Å². The number of piperidine rings is 1. The molecule has 0 amide bonds. The number of nitrogens with one attached hydrogen (secondary N) is 1. The SMILES string of the molecule is CCCNC(c1ccccc1)C(CC)N1CCCC(C)C1. The summed E-state index contributed by atoms with van der Waals surface area (Å²) in [4.78, 5) is 2.73. The predicted octanol–water partition coefficient (Wildman–Crippen LogP) is 4.24. The molecule has 2 rings (SSSR count). The Morgan fingerprint density at radius 3 is 2.62 bits per heavy atom. The van der Waals surface area contributed by atoms with Gasteiger partial charge in [-0.25, -0.2) is 0 Å². The van der Waals surface area contributed by atoms with E-state index in [1.54, 1.807) is 0 Å². The van der Waals surface area contributed by atoms with Crippen molar-refractivity contribution in [2.45, 2.75) is 58.5 Å². The molecule has 1 heterocycles. The third-order valence-corrected chi connectivity index (χ3v) is 4.73. The highest BCUT2D eigenvalue weighted by Crippen LogP contribution is 2.27. The highest BCUT2D eigenvalue weighted by molar-refractivity contribution is 5.21. The number of benzene rings is 1. The highest BCUT2D eigenvalue weighted by atomic mass is 15.2. The summed E-state index contributed by atoms with van der Waals surface area (Å²) in [6.07, 6.45) is 5.15. The van der Waals surface area contributed by atoms with Crippen LogP contribution in [0.25, 0.3) is 0 Å². The molecule has 1 aliphatic rings. The maximum atomic E-state index is 3.81. The van der Waals surface area contributed by atoms with Gasteiger partial charge in [0.05, 0.1) is 0 Å². The molecule has 2 heteroatoms. The quantitative estimate of drug-likeness (QED) is 0.807. The second-order valence-electron chi connectivity index (χ2n) is 6.56. The molecule has 0 aliphatic carbocycles. The van der Waals surface area contributed by atoms with Crippen molar-refractivity contribution in [2.24, 2.45) is 5.92 Å². The van der Waals surface area contributed by atoms with Crippen LogP contribution in [0.1, 0.15) is 58.1 Å². The van der Waals surface area contributed by atoms with Crippen molar-refractivity contribution in [1.29, 1.82) is 0 Å². The Labute approximate surface area is 130 Å². The van der Waals surface area contributed by atoms with E-state index in [1.165, 1.54) is 44.3 Å². The molecule has 118 valence electrons. The minimum atomic E-state index is 0.460. The summed E-state index contributed by atoms with van der Waals surface area (Å²) in [5, 5.41) is 3.81. The standard InChI is InChI=1S/C19H32N2/c1-4-13-20-19(17-11-7-6-8-12-17)18(5-2)21-14-9-10-16(3)15-21/h6-8,11-12,16,18-20H,4-5,9-10,13-15H2,1-3H3. The summed E-state index contributed by atoms with van der Waals surface area (Å²) in [6, 6.07) is 12.1. The first-order valence-electron chi connectivity index (χ1n) is 8.78. The van der Waals surface area contributed by atoms with Gasteiger partial charge in [0.25, 0.3) is 0 Å². The van der Waals surface area contributed by atoms with Gasteiger partial charge in [-0.15, -0.1) is 0 Å². The van der Waals surface area contributed by atoms with E-state index >= 15 is 0 Å². The molecule has 3 atom stereocenters. The molecule has 1 saturated heterocycles. The number of rotatable bonds is 7. The summed E-state index contributed by atoms with van der Waals surface area (Å²) in [5.41, 5.74) is 1.44. The molecule has 1 aliphatic heterocycles. The van der Waals surface area contributed by atoms with Crippen LogP contribution in [0.5, 0.6) is 0 Å². The molecule has 1 aromatic carbocycles. The Morgan fingerprint density at radius 2 is 2.00 bits per heavy atom. The molecule has 1 fully saturated rings. The summed E-state index contributed by atoms with van der Waals surface area (Å²) >= 11 is 0. The number of hydrogen-bond acceptors (Lipinski definition) is 2. The topological polar surface area (TPSA) is 15.3 Å². The summed E-state index contributed by atoms with van der Waals surface area (Å²) < 4.78 is 0. The minimum Gasteiger partial charge on any atom is -0.309 e. The van der Waals surface area contributed by atoms with Crippen LogP contribution in [-0.2, 0) is 0 Å². The summed E-state index contributed by atoms with van der Waals surface area (Å²) in [5.74, 6) is 0.843. The van der Waals surface area contributed by atoms with Crippen LogP contribution in [0.3, 0.4) is 0 Å². The fourth-order valence-electron chi connectivity index (χ4n) is 3.67. The highest BCUT2D eigenvalue weighted by Gasteiger charge is 2.29. The van der Waals surface area contributed by atoms with Crippen LogP contribution in [0, 0.1) is 5.92 Å². The predicted molar refractivity (Wildman–Crippen MR) is 91.5 cm³/mol. The van der Waals surface area contributed by atoms with Gasteiger partial charge < -0.3 is 5.32 Å². The van der Waals surface area contributed by atoms with Crippen molar-refractivity contribution in [2.75, 3.05) is 19.6 Å². The van der Waals surface area contributed by atoms with Gasteiger partial charge >= 0.3 is 0 Å². The van der Waals surface area contributed by atoms with Crippen LogP contribution in [0.2, 0.25) is 0 Å². The Balaban J connectivity index is 2.16. The first kappa shape index (κ1) is 16.5. The third kappa shape index (κ3) is 4.55. The fourth-order valence-corrected chi connectivity index (χ4v) is 3.67.